The van der Waals surface area contributed by atoms with Crippen molar-refractivity contribution in [2.45, 2.75) is 31.7 Å². The van der Waals surface area contributed by atoms with Crippen LogP contribution in [0.25, 0.3) is 0 Å². The zero-order valence-corrected chi connectivity index (χ0v) is 12.3. The van der Waals surface area contributed by atoms with Crippen LogP contribution in [-0.2, 0) is 4.74 Å². The van der Waals surface area contributed by atoms with Crippen LogP contribution in [0.2, 0.25) is 0 Å². The Morgan fingerprint density at radius 3 is 3.21 bits per heavy atom. The Hall–Kier alpha value is -1.01. The maximum Gasteiger partial charge on any atom is 0.255 e. The van der Waals surface area contributed by atoms with Crippen LogP contribution in [0.15, 0.2) is 6.20 Å². The summed E-state index contributed by atoms with van der Waals surface area (Å²) in [5.74, 6) is 1.17. The van der Waals surface area contributed by atoms with Gasteiger partial charge in [-0.2, -0.15) is 16.9 Å². The minimum absolute atomic E-state index is 0.0310. The smallest absolute Gasteiger partial charge is 0.255 e. The maximum atomic E-state index is 12.3. The molecule has 2 rings (SSSR count). The Balaban J connectivity index is 2.04. The van der Waals surface area contributed by atoms with Gasteiger partial charge in [-0.1, -0.05) is 6.92 Å². The van der Waals surface area contributed by atoms with Gasteiger partial charge in [0.15, 0.2) is 0 Å². The molecule has 2 heterocycles. The second-order valence-corrected chi connectivity index (χ2v) is 5.70. The molecular weight excluding hydrogens is 262 g/mol. The Kier molecular flexibility index (Phi) is 5.27. The van der Waals surface area contributed by atoms with Crippen molar-refractivity contribution < 1.29 is 9.53 Å². The molecule has 19 heavy (non-hydrogen) atoms. The van der Waals surface area contributed by atoms with Crippen LogP contribution in [0.1, 0.15) is 41.7 Å². The van der Waals surface area contributed by atoms with E-state index in [-0.39, 0.29) is 17.9 Å². The first-order valence-electron chi connectivity index (χ1n) is 6.67. The lowest BCUT2D eigenvalue weighted by Gasteiger charge is -2.16. The Bertz CT molecular complexity index is 416. The second-order valence-electron chi connectivity index (χ2n) is 4.79. The van der Waals surface area contributed by atoms with E-state index in [1.807, 2.05) is 6.26 Å². The van der Waals surface area contributed by atoms with E-state index in [2.05, 4.69) is 22.4 Å². The third-order valence-corrected chi connectivity index (χ3v) is 4.18. The quantitative estimate of drug-likeness (QED) is 0.835. The number of nitrogens with zero attached hydrogens (tertiary/aromatic N) is 1. The van der Waals surface area contributed by atoms with Gasteiger partial charge in [0, 0.05) is 24.3 Å². The highest BCUT2D eigenvalue weighted by atomic mass is 32.2. The van der Waals surface area contributed by atoms with Crippen LogP contribution >= 0.6 is 11.8 Å². The zero-order valence-electron chi connectivity index (χ0n) is 11.4. The number of carbonyl (C=O) groups is 1. The molecule has 2 N–H and O–H groups in total. The molecule has 6 heteroatoms. The lowest BCUT2D eigenvalue weighted by atomic mass is 10.0. The molecule has 0 unspecified atom stereocenters. The van der Waals surface area contributed by atoms with Crippen molar-refractivity contribution in [2.24, 2.45) is 0 Å². The molecule has 1 aromatic heterocycles. The number of aromatic nitrogens is 2. The summed E-state index contributed by atoms with van der Waals surface area (Å²) < 4.78 is 5.37. The fourth-order valence-corrected chi connectivity index (χ4v) is 3.00. The lowest BCUT2D eigenvalue weighted by Crippen LogP contribution is -2.36. The van der Waals surface area contributed by atoms with Crippen LogP contribution in [0.3, 0.4) is 0 Å². The van der Waals surface area contributed by atoms with Gasteiger partial charge in [0.2, 0.25) is 0 Å². The van der Waals surface area contributed by atoms with Crippen molar-refractivity contribution in [2.75, 3.05) is 25.2 Å². The van der Waals surface area contributed by atoms with Crippen LogP contribution in [0.5, 0.6) is 0 Å². The van der Waals surface area contributed by atoms with E-state index in [1.165, 1.54) is 0 Å². The largest absolute Gasteiger partial charge is 0.381 e. The number of hydrogen-bond donors (Lipinski definition) is 2. The molecule has 1 aliphatic heterocycles. The molecular formula is C13H21N3O2S. The maximum absolute atomic E-state index is 12.3. The molecule has 1 saturated heterocycles. The zero-order chi connectivity index (χ0) is 13.7. The van der Waals surface area contributed by atoms with Crippen molar-refractivity contribution in [3.63, 3.8) is 0 Å². The van der Waals surface area contributed by atoms with E-state index in [0.717, 1.165) is 30.9 Å². The van der Waals surface area contributed by atoms with Crippen molar-refractivity contribution in [1.82, 2.24) is 15.5 Å². The SMILES string of the molecule is CC[C@@H](CSC)NC(=O)c1cn[nH]c1[C@H]1CCOC1. The summed E-state index contributed by atoms with van der Waals surface area (Å²) in [5, 5.41) is 10.0. The van der Waals surface area contributed by atoms with Gasteiger partial charge in [0.05, 0.1) is 24.1 Å². The van der Waals surface area contributed by atoms with E-state index < -0.39 is 0 Å². The number of rotatable bonds is 6. The number of aromatic amines is 1. The van der Waals surface area contributed by atoms with E-state index in [4.69, 9.17) is 4.74 Å². The third kappa shape index (κ3) is 3.51. The molecule has 0 saturated carbocycles. The number of thioether (sulfide) groups is 1. The molecule has 1 fully saturated rings. The fraction of sp³-hybridized carbons (Fsp3) is 0.692. The average molecular weight is 283 g/mol. The number of ether oxygens (including phenoxy) is 1. The van der Waals surface area contributed by atoms with Crippen LogP contribution < -0.4 is 5.32 Å². The standard InChI is InChI=1S/C13H21N3O2S/c1-3-10(8-19-2)15-13(17)11-6-14-16-12(11)9-4-5-18-7-9/h6,9-10H,3-5,7-8H2,1-2H3,(H,14,16)(H,15,17)/t9-,10-/m0/s1. The molecule has 0 aliphatic carbocycles. The predicted molar refractivity (Wildman–Crippen MR) is 76.7 cm³/mol. The number of nitrogens with one attached hydrogen (secondary N) is 2. The molecule has 0 spiro atoms. The summed E-state index contributed by atoms with van der Waals surface area (Å²) in [6.07, 6.45) is 5.56. The highest BCUT2D eigenvalue weighted by molar-refractivity contribution is 7.98. The average Bonchev–Trinajstić information content (AvgIpc) is 3.07. The molecule has 5 nitrogen and oxygen atoms in total. The van der Waals surface area contributed by atoms with Crippen molar-refractivity contribution in [1.29, 1.82) is 0 Å². The van der Waals surface area contributed by atoms with Gasteiger partial charge < -0.3 is 10.1 Å². The van der Waals surface area contributed by atoms with Gasteiger partial charge in [-0.05, 0) is 19.1 Å². The van der Waals surface area contributed by atoms with Gasteiger partial charge in [-0.15, -0.1) is 0 Å². The lowest BCUT2D eigenvalue weighted by molar-refractivity contribution is 0.0938. The first-order valence-corrected chi connectivity index (χ1v) is 8.06. The molecule has 0 aromatic carbocycles. The van der Waals surface area contributed by atoms with Gasteiger partial charge in [-0.3, -0.25) is 9.89 Å². The van der Waals surface area contributed by atoms with Gasteiger partial charge in [0.1, 0.15) is 0 Å². The van der Waals surface area contributed by atoms with Gasteiger partial charge in [0.25, 0.3) is 5.91 Å². The van der Waals surface area contributed by atoms with Crippen LogP contribution in [0.4, 0.5) is 0 Å². The summed E-state index contributed by atoms with van der Waals surface area (Å²) in [7, 11) is 0. The van der Waals surface area contributed by atoms with E-state index >= 15 is 0 Å². The van der Waals surface area contributed by atoms with Crippen molar-refractivity contribution >= 4 is 17.7 Å². The minimum Gasteiger partial charge on any atom is -0.381 e. The summed E-state index contributed by atoms with van der Waals surface area (Å²) in [5.41, 5.74) is 1.57. The number of amides is 1. The first kappa shape index (κ1) is 14.4. The summed E-state index contributed by atoms with van der Waals surface area (Å²) in [4.78, 5) is 12.3. The highest BCUT2D eigenvalue weighted by Crippen LogP contribution is 2.26. The highest BCUT2D eigenvalue weighted by Gasteiger charge is 2.25. The topological polar surface area (TPSA) is 67.0 Å². The monoisotopic (exact) mass is 283 g/mol. The number of carbonyl (C=O) groups excluding carboxylic acids is 1. The Morgan fingerprint density at radius 1 is 1.74 bits per heavy atom. The second kappa shape index (κ2) is 6.96. The summed E-state index contributed by atoms with van der Waals surface area (Å²) in [6.45, 7) is 3.52. The van der Waals surface area contributed by atoms with E-state index in [9.17, 15) is 4.79 Å². The normalized spacial score (nSPS) is 20.4. The van der Waals surface area contributed by atoms with Crippen LogP contribution in [-0.4, -0.2) is 47.4 Å². The minimum atomic E-state index is -0.0310. The molecule has 1 amide bonds. The van der Waals surface area contributed by atoms with E-state index in [0.29, 0.717) is 12.2 Å². The molecule has 2 atom stereocenters. The number of H-pyrrole nitrogens is 1. The molecule has 106 valence electrons. The molecule has 0 radical (unpaired) electrons. The van der Waals surface area contributed by atoms with Crippen molar-refractivity contribution in [3.8, 4) is 0 Å². The molecule has 0 bridgehead atoms. The summed E-state index contributed by atoms with van der Waals surface area (Å²) >= 11 is 1.74. The third-order valence-electron chi connectivity index (χ3n) is 3.45. The van der Waals surface area contributed by atoms with Gasteiger partial charge >= 0.3 is 0 Å². The van der Waals surface area contributed by atoms with Gasteiger partial charge in [-0.25, -0.2) is 0 Å². The fourth-order valence-electron chi connectivity index (χ4n) is 2.28. The summed E-state index contributed by atoms with van der Waals surface area (Å²) in [6, 6.07) is 0.213. The van der Waals surface area contributed by atoms with Crippen molar-refractivity contribution in [3.05, 3.63) is 17.5 Å². The predicted octanol–water partition coefficient (Wildman–Crippen LogP) is 1.78. The molecule has 1 aromatic rings. The Morgan fingerprint density at radius 2 is 2.58 bits per heavy atom. The first-order chi connectivity index (χ1) is 9.26. The Labute approximate surface area is 117 Å². The number of hydrogen-bond acceptors (Lipinski definition) is 4. The molecule has 1 aliphatic rings. The van der Waals surface area contributed by atoms with E-state index in [1.54, 1.807) is 18.0 Å². The van der Waals surface area contributed by atoms with Crippen LogP contribution in [0, 0.1) is 0 Å².